The van der Waals surface area contributed by atoms with E-state index in [1.807, 2.05) is 12.4 Å². The molecule has 0 aliphatic heterocycles. The molecule has 2 saturated carbocycles. The van der Waals surface area contributed by atoms with Crippen molar-refractivity contribution in [2.45, 2.75) is 38.3 Å². The lowest BCUT2D eigenvalue weighted by atomic mass is 10.1. The van der Waals surface area contributed by atoms with Crippen molar-refractivity contribution < 1.29 is 0 Å². The third-order valence-corrected chi connectivity index (χ3v) is 3.64. The first-order valence-corrected chi connectivity index (χ1v) is 6.26. The predicted molar refractivity (Wildman–Crippen MR) is 64.7 cm³/mol. The molecule has 0 amide bonds. The largest absolute Gasteiger partial charge is 0.309 e. The first-order valence-electron chi connectivity index (χ1n) is 6.26. The molecule has 0 aromatic carbocycles. The van der Waals surface area contributed by atoms with Crippen molar-refractivity contribution in [1.82, 2.24) is 15.1 Å². The van der Waals surface area contributed by atoms with E-state index in [-0.39, 0.29) is 0 Å². The highest BCUT2D eigenvalue weighted by atomic mass is 15.2. The summed E-state index contributed by atoms with van der Waals surface area (Å²) in [5.41, 5.74) is 1.26. The van der Waals surface area contributed by atoms with Crippen LogP contribution in [0.25, 0.3) is 6.20 Å². The minimum atomic E-state index is 0.770. The van der Waals surface area contributed by atoms with Crippen molar-refractivity contribution >= 4 is 6.20 Å². The van der Waals surface area contributed by atoms with Crippen molar-refractivity contribution in [3.05, 3.63) is 24.5 Å². The number of hydrogen-bond acceptors (Lipinski definition) is 2. The fourth-order valence-corrected chi connectivity index (χ4v) is 2.43. The number of nitrogens with zero attached hydrogens (tertiary/aromatic N) is 2. The van der Waals surface area contributed by atoms with Crippen LogP contribution in [0.15, 0.2) is 19.0 Å². The molecule has 86 valence electrons. The van der Waals surface area contributed by atoms with Gasteiger partial charge < -0.3 is 5.32 Å². The Morgan fingerprint density at radius 3 is 2.62 bits per heavy atom. The van der Waals surface area contributed by atoms with E-state index in [0.29, 0.717) is 0 Å². The second-order valence-electron chi connectivity index (χ2n) is 5.09. The Morgan fingerprint density at radius 2 is 2.12 bits per heavy atom. The predicted octanol–water partition coefficient (Wildman–Crippen LogP) is 2.26. The van der Waals surface area contributed by atoms with E-state index in [4.69, 9.17) is 0 Å². The van der Waals surface area contributed by atoms with Crippen molar-refractivity contribution in [3.8, 4) is 0 Å². The lowest BCUT2D eigenvalue weighted by molar-refractivity contribution is 0.416. The van der Waals surface area contributed by atoms with Crippen LogP contribution >= 0.6 is 0 Å². The molecule has 0 saturated heterocycles. The Labute approximate surface area is 96.5 Å². The van der Waals surface area contributed by atoms with Crippen molar-refractivity contribution in [2.75, 3.05) is 0 Å². The molecule has 3 heteroatoms. The van der Waals surface area contributed by atoms with E-state index in [1.54, 1.807) is 10.9 Å². The molecule has 16 heavy (non-hydrogen) atoms. The van der Waals surface area contributed by atoms with Crippen molar-refractivity contribution in [3.63, 3.8) is 0 Å². The topological polar surface area (TPSA) is 29.9 Å². The van der Waals surface area contributed by atoms with Gasteiger partial charge in [-0.05, 0) is 37.5 Å². The summed E-state index contributed by atoms with van der Waals surface area (Å²) in [5, 5.41) is 7.90. The Hall–Kier alpha value is -1.09. The Balaban J connectivity index is 1.55. The smallest absolute Gasteiger partial charge is 0.0538 e. The van der Waals surface area contributed by atoms with Crippen LogP contribution in [0.5, 0.6) is 0 Å². The van der Waals surface area contributed by atoms with Crippen LogP contribution in [0.4, 0.5) is 0 Å². The molecular weight excluding hydrogens is 198 g/mol. The van der Waals surface area contributed by atoms with Crippen molar-refractivity contribution in [1.29, 1.82) is 0 Å². The number of nitrogens with one attached hydrogen (secondary N) is 1. The molecule has 3 nitrogen and oxygen atoms in total. The number of aromatic nitrogens is 2. The molecule has 2 aliphatic rings. The lowest BCUT2D eigenvalue weighted by Gasteiger charge is -2.16. The number of hydrogen-bond donors (Lipinski definition) is 1. The zero-order valence-electron chi connectivity index (χ0n) is 9.60. The van der Waals surface area contributed by atoms with Gasteiger partial charge in [-0.2, -0.15) is 5.10 Å². The molecule has 1 aromatic rings. The SMILES string of the molecule is C=Cn1cc(CNC(C2CC2)C2CC2)cn1. The van der Waals surface area contributed by atoms with Gasteiger partial charge in [0.05, 0.1) is 6.20 Å². The van der Waals surface area contributed by atoms with Crippen LogP contribution in [0.3, 0.4) is 0 Å². The van der Waals surface area contributed by atoms with E-state index in [0.717, 1.165) is 24.4 Å². The normalized spacial score (nSPS) is 20.3. The maximum Gasteiger partial charge on any atom is 0.0538 e. The second-order valence-corrected chi connectivity index (χ2v) is 5.09. The standard InChI is InChI=1S/C13H19N3/c1-2-16-9-10(8-15-16)7-14-13(11-3-4-11)12-5-6-12/h2,8-9,11-14H,1,3-7H2. The maximum absolute atomic E-state index is 4.19. The third kappa shape index (κ3) is 2.19. The summed E-state index contributed by atoms with van der Waals surface area (Å²) in [6.45, 7) is 4.65. The van der Waals surface area contributed by atoms with Crippen LogP contribution < -0.4 is 5.32 Å². The van der Waals surface area contributed by atoms with Crippen molar-refractivity contribution in [2.24, 2.45) is 11.8 Å². The monoisotopic (exact) mass is 217 g/mol. The highest BCUT2D eigenvalue weighted by Gasteiger charge is 2.40. The van der Waals surface area contributed by atoms with Crippen LogP contribution in [-0.2, 0) is 6.54 Å². The molecular formula is C13H19N3. The van der Waals surface area contributed by atoms with E-state index < -0.39 is 0 Å². The summed E-state index contributed by atoms with van der Waals surface area (Å²) >= 11 is 0. The van der Waals surface area contributed by atoms with Gasteiger partial charge in [0, 0.05) is 30.5 Å². The first kappa shape index (κ1) is 10.1. The van der Waals surface area contributed by atoms with Gasteiger partial charge in [0.15, 0.2) is 0 Å². The summed E-state index contributed by atoms with van der Waals surface area (Å²) in [6.07, 6.45) is 11.4. The molecule has 2 fully saturated rings. The minimum Gasteiger partial charge on any atom is -0.309 e. The second kappa shape index (κ2) is 4.06. The van der Waals surface area contributed by atoms with Gasteiger partial charge in [-0.15, -0.1) is 0 Å². The molecule has 0 bridgehead atoms. The molecule has 0 unspecified atom stereocenters. The molecule has 0 atom stereocenters. The van der Waals surface area contributed by atoms with Crippen LogP contribution in [0.2, 0.25) is 0 Å². The maximum atomic E-state index is 4.19. The molecule has 3 rings (SSSR count). The van der Waals surface area contributed by atoms with Gasteiger partial charge in [-0.1, -0.05) is 6.58 Å². The molecule has 1 N–H and O–H groups in total. The van der Waals surface area contributed by atoms with Gasteiger partial charge >= 0.3 is 0 Å². The van der Waals surface area contributed by atoms with E-state index in [2.05, 4.69) is 17.0 Å². The average Bonchev–Trinajstić information content (AvgIpc) is 3.20. The van der Waals surface area contributed by atoms with Gasteiger partial charge in [-0.3, -0.25) is 0 Å². The zero-order chi connectivity index (χ0) is 11.0. The first-order chi connectivity index (χ1) is 7.86. The summed E-state index contributed by atoms with van der Waals surface area (Å²) in [4.78, 5) is 0. The zero-order valence-corrected chi connectivity index (χ0v) is 9.60. The van der Waals surface area contributed by atoms with Gasteiger partial charge in [0.1, 0.15) is 0 Å². The Morgan fingerprint density at radius 1 is 1.44 bits per heavy atom. The summed E-state index contributed by atoms with van der Waals surface area (Å²) in [5.74, 6) is 1.92. The van der Waals surface area contributed by atoms with Gasteiger partial charge in [0.2, 0.25) is 0 Å². The van der Waals surface area contributed by atoms with E-state index in [9.17, 15) is 0 Å². The Kier molecular flexibility index (Phi) is 2.56. The molecule has 2 aliphatic carbocycles. The minimum absolute atomic E-state index is 0.770. The summed E-state index contributed by atoms with van der Waals surface area (Å²) < 4.78 is 1.76. The Bertz CT molecular complexity index is 362. The number of rotatable bonds is 6. The summed E-state index contributed by atoms with van der Waals surface area (Å²) in [7, 11) is 0. The fourth-order valence-electron chi connectivity index (χ4n) is 2.43. The quantitative estimate of drug-likeness (QED) is 0.792. The molecule has 1 heterocycles. The molecule has 0 spiro atoms. The van der Waals surface area contributed by atoms with E-state index in [1.165, 1.54) is 31.2 Å². The summed E-state index contributed by atoms with van der Waals surface area (Å²) in [6, 6.07) is 0.770. The van der Waals surface area contributed by atoms with Crippen LogP contribution in [0, 0.1) is 11.8 Å². The van der Waals surface area contributed by atoms with Crippen LogP contribution in [0.1, 0.15) is 31.2 Å². The highest BCUT2D eigenvalue weighted by Crippen LogP contribution is 2.44. The average molecular weight is 217 g/mol. The lowest BCUT2D eigenvalue weighted by Crippen LogP contribution is -2.32. The fraction of sp³-hybridized carbons (Fsp3) is 0.615. The van der Waals surface area contributed by atoms with Gasteiger partial charge in [-0.25, -0.2) is 4.68 Å². The van der Waals surface area contributed by atoms with Crippen LogP contribution in [-0.4, -0.2) is 15.8 Å². The molecule has 0 radical (unpaired) electrons. The van der Waals surface area contributed by atoms with Gasteiger partial charge in [0.25, 0.3) is 0 Å². The van der Waals surface area contributed by atoms with E-state index >= 15 is 0 Å². The molecule has 1 aromatic heterocycles. The third-order valence-electron chi connectivity index (χ3n) is 3.64. The highest BCUT2D eigenvalue weighted by molar-refractivity contribution is 5.17.